The van der Waals surface area contributed by atoms with Crippen molar-refractivity contribution in [3.63, 3.8) is 0 Å². The first-order valence-electron chi connectivity index (χ1n) is 2.85. The van der Waals surface area contributed by atoms with Crippen molar-refractivity contribution in [2.45, 2.75) is 26.3 Å². The van der Waals surface area contributed by atoms with Gasteiger partial charge in [-0.15, -0.1) is 6.42 Å². The van der Waals surface area contributed by atoms with Crippen molar-refractivity contribution < 1.29 is 0 Å². The average Bonchev–Trinajstić information content (AvgIpc) is 1.67. The Labute approximate surface area is 51.5 Å². The Morgan fingerprint density at radius 3 is 2.25 bits per heavy atom. The first kappa shape index (κ1) is 7.52. The Bertz CT molecular complexity index is 97.4. The van der Waals surface area contributed by atoms with Gasteiger partial charge < -0.3 is 5.32 Å². The molecule has 0 atom stereocenters. The molecular weight excluding hydrogens is 98.1 g/mol. The molecule has 0 spiro atoms. The van der Waals surface area contributed by atoms with Gasteiger partial charge in [-0.1, -0.05) is 12.8 Å². The molecular formula is C7H13N. The molecule has 8 heavy (non-hydrogen) atoms. The molecule has 0 aliphatic rings. The molecule has 0 aromatic heterocycles. The van der Waals surface area contributed by atoms with Crippen LogP contribution < -0.4 is 5.32 Å². The predicted molar refractivity (Wildman–Crippen MR) is 36.6 cm³/mol. The van der Waals surface area contributed by atoms with Crippen LogP contribution in [-0.4, -0.2) is 12.1 Å². The maximum atomic E-state index is 5.18. The molecule has 0 saturated carbocycles. The van der Waals surface area contributed by atoms with E-state index in [0.717, 1.165) is 6.54 Å². The summed E-state index contributed by atoms with van der Waals surface area (Å²) in [5, 5.41) is 3.14. The summed E-state index contributed by atoms with van der Waals surface area (Å²) in [6.45, 7) is 6.93. The molecule has 0 aliphatic heterocycles. The molecule has 1 nitrogen and oxygen atoms in total. The quantitative estimate of drug-likeness (QED) is 0.524. The lowest BCUT2D eigenvalue weighted by molar-refractivity contribution is 0.509. The molecule has 1 N–H and O–H groups in total. The molecule has 0 bridgehead atoms. The van der Waals surface area contributed by atoms with Crippen LogP contribution in [0.3, 0.4) is 0 Å². The summed E-state index contributed by atoms with van der Waals surface area (Å²) in [5.41, 5.74) is -0.130. The van der Waals surface area contributed by atoms with E-state index in [0.29, 0.717) is 0 Å². The number of terminal acetylenes is 1. The molecule has 0 saturated heterocycles. The number of hydrogen-bond acceptors (Lipinski definition) is 1. The fraction of sp³-hybridized carbons (Fsp3) is 0.714. The van der Waals surface area contributed by atoms with Gasteiger partial charge in [0.25, 0.3) is 0 Å². The largest absolute Gasteiger partial charge is 0.302 e. The van der Waals surface area contributed by atoms with Gasteiger partial charge in [-0.2, -0.15) is 0 Å². The van der Waals surface area contributed by atoms with Gasteiger partial charge in [0, 0.05) is 0 Å². The van der Waals surface area contributed by atoms with Crippen LogP contribution in [0.4, 0.5) is 0 Å². The molecule has 46 valence electrons. The molecule has 0 rings (SSSR count). The third-order valence-electron chi connectivity index (χ3n) is 0.980. The zero-order valence-electron chi connectivity index (χ0n) is 5.78. The zero-order valence-corrected chi connectivity index (χ0v) is 5.78. The minimum Gasteiger partial charge on any atom is -0.302 e. The Morgan fingerprint density at radius 2 is 2.12 bits per heavy atom. The predicted octanol–water partition coefficient (Wildman–Crippen LogP) is 1.01. The lowest BCUT2D eigenvalue weighted by atomic mass is 10.1. The van der Waals surface area contributed by atoms with Crippen LogP contribution in [0, 0.1) is 12.3 Å². The highest BCUT2D eigenvalue weighted by atomic mass is 14.9. The van der Waals surface area contributed by atoms with Crippen molar-refractivity contribution in [3.8, 4) is 12.3 Å². The highest BCUT2D eigenvalue weighted by Crippen LogP contribution is 1.96. The summed E-state index contributed by atoms with van der Waals surface area (Å²) in [7, 11) is 0. The Morgan fingerprint density at radius 1 is 1.62 bits per heavy atom. The van der Waals surface area contributed by atoms with Gasteiger partial charge in [0.1, 0.15) is 0 Å². The topological polar surface area (TPSA) is 12.0 Å². The highest BCUT2D eigenvalue weighted by molar-refractivity contribution is 5.06. The molecule has 0 aliphatic carbocycles. The third kappa shape index (κ3) is 2.65. The van der Waals surface area contributed by atoms with Gasteiger partial charge >= 0.3 is 0 Å². The van der Waals surface area contributed by atoms with Crippen LogP contribution in [-0.2, 0) is 0 Å². The third-order valence-corrected chi connectivity index (χ3v) is 0.980. The fourth-order valence-electron chi connectivity index (χ4n) is 0.493. The van der Waals surface area contributed by atoms with E-state index in [1.807, 2.05) is 20.8 Å². The van der Waals surface area contributed by atoms with Gasteiger partial charge in [-0.3, -0.25) is 0 Å². The fourth-order valence-corrected chi connectivity index (χ4v) is 0.493. The van der Waals surface area contributed by atoms with E-state index < -0.39 is 0 Å². The van der Waals surface area contributed by atoms with Crippen LogP contribution >= 0.6 is 0 Å². The Balaban J connectivity index is 3.59. The molecule has 1 heteroatoms. The van der Waals surface area contributed by atoms with E-state index in [1.54, 1.807) is 0 Å². The van der Waals surface area contributed by atoms with E-state index in [2.05, 4.69) is 11.2 Å². The van der Waals surface area contributed by atoms with Gasteiger partial charge in [-0.25, -0.2) is 0 Å². The minimum absolute atomic E-state index is 0.130. The molecule has 0 radical (unpaired) electrons. The summed E-state index contributed by atoms with van der Waals surface area (Å²) < 4.78 is 0. The van der Waals surface area contributed by atoms with E-state index in [-0.39, 0.29) is 5.54 Å². The summed E-state index contributed by atoms with van der Waals surface area (Å²) in [4.78, 5) is 0. The zero-order chi connectivity index (χ0) is 6.62. The van der Waals surface area contributed by atoms with E-state index >= 15 is 0 Å². The molecule has 0 unspecified atom stereocenters. The number of nitrogens with one attached hydrogen (secondary N) is 1. The van der Waals surface area contributed by atoms with E-state index in [1.165, 1.54) is 0 Å². The second kappa shape index (κ2) is 2.74. The smallest absolute Gasteiger partial charge is 0.0741 e. The highest BCUT2D eigenvalue weighted by Gasteiger charge is 2.08. The van der Waals surface area contributed by atoms with Gasteiger partial charge in [0.15, 0.2) is 0 Å². The lowest BCUT2D eigenvalue weighted by Crippen LogP contribution is -2.37. The second-order valence-corrected chi connectivity index (χ2v) is 2.30. The average molecular weight is 111 g/mol. The number of hydrogen-bond donors (Lipinski definition) is 1. The SMILES string of the molecule is C#CC(C)(C)NCC. The Hall–Kier alpha value is -0.480. The van der Waals surface area contributed by atoms with Crippen molar-refractivity contribution in [3.05, 3.63) is 0 Å². The van der Waals surface area contributed by atoms with Crippen LogP contribution in [0.1, 0.15) is 20.8 Å². The summed E-state index contributed by atoms with van der Waals surface area (Å²) >= 11 is 0. The number of rotatable bonds is 2. The summed E-state index contributed by atoms with van der Waals surface area (Å²) in [5.74, 6) is 2.63. The standard InChI is InChI=1S/C7H13N/c1-5-7(3,4)8-6-2/h1,8H,6H2,2-4H3. The Kier molecular flexibility index (Phi) is 2.57. The van der Waals surface area contributed by atoms with Gasteiger partial charge in [0.2, 0.25) is 0 Å². The molecule has 0 fully saturated rings. The van der Waals surface area contributed by atoms with Crippen molar-refractivity contribution in [1.29, 1.82) is 0 Å². The van der Waals surface area contributed by atoms with E-state index in [4.69, 9.17) is 6.42 Å². The second-order valence-electron chi connectivity index (χ2n) is 2.30. The van der Waals surface area contributed by atoms with Gasteiger partial charge in [-0.05, 0) is 20.4 Å². The monoisotopic (exact) mass is 111 g/mol. The lowest BCUT2D eigenvalue weighted by Gasteiger charge is -2.17. The molecule has 0 amide bonds. The van der Waals surface area contributed by atoms with Gasteiger partial charge in [0.05, 0.1) is 5.54 Å². The summed E-state index contributed by atoms with van der Waals surface area (Å²) in [6.07, 6.45) is 5.18. The maximum absolute atomic E-state index is 5.18. The van der Waals surface area contributed by atoms with Crippen LogP contribution in [0.15, 0.2) is 0 Å². The summed E-state index contributed by atoms with van der Waals surface area (Å²) in [6, 6.07) is 0. The minimum atomic E-state index is -0.130. The maximum Gasteiger partial charge on any atom is 0.0741 e. The normalized spacial score (nSPS) is 10.8. The first-order chi connectivity index (χ1) is 3.62. The van der Waals surface area contributed by atoms with Crippen LogP contribution in [0.2, 0.25) is 0 Å². The van der Waals surface area contributed by atoms with Crippen LogP contribution in [0.5, 0.6) is 0 Å². The van der Waals surface area contributed by atoms with Crippen molar-refractivity contribution >= 4 is 0 Å². The van der Waals surface area contributed by atoms with Crippen molar-refractivity contribution in [1.82, 2.24) is 5.32 Å². The van der Waals surface area contributed by atoms with Crippen molar-refractivity contribution in [2.75, 3.05) is 6.54 Å². The molecule has 0 heterocycles. The van der Waals surface area contributed by atoms with E-state index in [9.17, 15) is 0 Å². The van der Waals surface area contributed by atoms with Crippen molar-refractivity contribution in [2.24, 2.45) is 0 Å². The first-order valence-corrected chi connectivity index (χ1v) is 2.85. The molecule has 0 aromatic carbocycles. The van der Waals surface area contributed by atoms with Crippen LogP contribution in [0.25, 0.3) is 0 Å². The molecule has 0 aromatic rings.